The molecule has 7 nitrogen and oxygen atoms in total. The molecular formula is C22H27F2N3O4. The van der Waals surface area contributed by atoms with Gasteiger partial charge in [0.05, 0.1) is 25.5 Å². The van der Waals surface area contributed by atoms with E-state index in [9.17, 15) is 13.6 Å². The van der Waals surface area contributed by atoms with Crippen LogP contribution in [0.5, 0.6) is 5.75 Å². The summed E-state index contributed by atoms with van der Waals surface area (Å²) in [5, 5.41) is 3.44. The third kappa shape index (κ3) is 5.28. The standard InChI is InChI=1S/C22H27F2N3O4/c1-29-6-2-7-30-19-11-15(26-21-17(19)9-14(23)10-18(21)24)13-27(16-3-4-16)22(28)20-12-25-5-8-31-20/h9-11,16,20,25H,2-8,12-13H2,1H3/t20-/m1/s1. The average Bonchev–Trinajstić information content (AvgIpc) is 3.61. The molecule has 2 aromatic rings. The van der Waals surface area contributed by atoms with Crippen molar-refractivity contribution in [2.45, 2.75) is 38.0 Å². The number of pyridine rings is 1. The summed E-state index contributed by atoms with van der Waals surface area (Å²) < 4.78 is 44.8. The maximum atomic E-state index is 14.5. The molecule has 0 radical (unpaired) electrons. The first kappa shape index (κ1) is 21.9. The van der Waals surface area contributed by atoms with Crippen LogP contribution in [0.25, 0.3) is 10.9 Å². The Morgan fingerprint density at radius 2 is 2.13 bits per heavy atom. The van der Waals surface area contributed by atoms with Crippen LogP contribution in [0, 0.1) is 11.6 Å². The first-order chi connectivity index (χ1) is 15.1. The van der Waals surface area contributed by atoms with Crippen molar-refractivity contribution < 1.29 is 27.8 Å². The highest BCUT2D eigenvalue weighted by molar-refractivity contribution is 5.86. The zero-order valence-electron chi connectivity index (χ0n) is 17.5. The van der Waals surface area contributed by atoms with E-state index in [-0.39, 0.29) is 29.4 Å². The van der Waals surface area contributed by atoms with Gasteiger partial charge < -0.3 is 24.4 Å². The van der Waals surface area contributed by atoms with Crippen LogP contribution < -0.4 is 10.1 Å². The van der Waals surface area contributed by atoms with E-state index in [1.807, 2.05) is 0 Å². The van der Waals surface area contributed by atoms with Crippen molar-refractivity contribution in [2.24, 2.45) is 0 Å². The van der Waals surface area contributed by atoms with E-state index in [0.717, 1.165) is 25.5 Å². The molecule has 0 bridgehead atoms. The summed E-state index contributed by atoms with van der Waals surface area (Å²) in [6, 6.07) is 3.81. The number of amides is 1. The molecule has 1 atom stereocenters. The summed E-state index contributed by atoms with van der Waals surface area (Å²) in [6.07, 6.45) is 1.93. The number of fused-ring (bicyclic) bond motifs is 1. The van der Waals surface area contributed by atoms with Crippen molar-refractivity contribution in [1.29, 1.82) is 0 Å². The first-order valence-electron chi connectivity index (χ1n) is 10.6. The van der Waals surface area contributed by atoms with Crippen LogP contribution in [0.4, 0.5) is 8.78 Å². The SMILES string of the molecule is COCCCOc1cc(CN(C(=O)[C@H]2CNCCO2)C2CC2)nc2c(F)cc(F)cc12. The van der Waals surface area contributed by atoms with Crippen molar-refractivity contribution >= 4 is 16.8 Å². The van der Waals surface area contributed by atoms with E-state index in [1.54, 1.807) is 18.1 Å². The molecule has 1 aromatic carbocycles. The monoisotopic (exact) mass is 435 g/mol. The van der Waals surface area contributed by atoms with Crippen LogP contribution in [0.3, 0.4) is 0 Å². The number of carbonyl (C=O) groups is 1. The molecule has 1 saturated heterocycles. The van der Waals surface area contributed by atoms with E-state index < -0.39 is 17.7 Å². The van der Waals surface area contributed by atoms with Crippen LogP contribution in [0.1, 0.15) is 25.0 Å². The Bertz CT molecular complexity index is 933. The Kier molecular flexibility index (Phi) is 6.94. The molecule has 1 aliphatic carbocycles. The number of rotatable bonds is 9. The summed E-state index contributed by atoms with van der Waals surface area (Å²) >= 11 is 0. The fourth-order valence-corrected chi connectivity index (χ4v) is 3.71. The predicted octanol–water partition coefficient (Wildman–Crippen LogP) is 2.41. The van der Waals surface area contributed by atoms with Crippen LogP contribution in [0.15, 0.2) is 18.2 Å². The Morgan fingerprint density at radius 1 is 1.29 bits per heavy atom. The zero-order chi connectivity index (χ0) is 21.8. The molecule has 0 spiro atoms. The van der Waals surface area contributed by atoms with Gasteiger partial charge in [-0.2, -0.15) is 0 Å². The summed E-state index contributed by atoms with van der Waals surface area (Å²) in [5.41, 5.74) is 0.517. The number of morpholine rings is 1. The molecule has 1 saturated carbocycles. The van der Waals surface area contributed by atoms with Gasteiger partial charge >= 0.3 is 0 Å². The molecule has 168 valence electrons. The second kappa shape index (κ2) is 9.84. The molecular weight excluding hydrogens is 408 g/mol. The minimum atomic E-state index is -0.761. The van der Waals surface area contributed by atoms with Gasteiger partial charge in [-0.1, -0.05) is 0 Å². The molecule has 31 heavy (non-hydrogen) atoms. The van der Waals surface area contributed by atoms with E-state index in [4.69, 9.17) is 14.2 Å². The van der Waals surface area contributed by atoms with E-state index in [2.05, 4.69) is 10.3 Å². The van der Waals surface area contributed by atoms with Crippen molar-refractivity contribution in [2.75, 3.05) is 40.0 Å². The first-order valence-corrected chi connectivity index (χ1v) is 10.6. The second-order valence-electron chi connectivity index (χ2n) is 7.85. The fraction of sp³-hybridized carbons (Fsp3) is 0.545. The number of methoxy groups -OCH3 is 1. The van der Waals surface area contributed by atoms with E-state index >= 15 is 0 Å². The predicted molar refractivity (Wildman–Crippen MR) is 110 cm³/mol. The lowest BCUT2D eigenvalue weighted by Crippen LogP contribution is -2.49. The number of ether oxygens (including phenoxy) is 3. The second-order valence-corrected chi connectivity index (χ2v) is 7.85. The lowest BCUT2D eigenvalue weighted by Gasteiger charge is -2.30. The number of benzene rings is 1. The molecule has 4 rings (SSSR count). The number of carbonyl (C=O) groups excluding carboxylic acids is 1. The lowest BCUT2D eigenvalue weighted by atomic mass is 10.1. The van der Waals surface area contributed by atoms with Gasteiger partial charge in [0.25, 0.3) is 5.91 Å². The molecule has 1 N–H and O–H groups in total. The van der Waals surface area contributed by atoms with E-state index in [1.165, 1.54) is 6.07 Å². The van der Waals surface area contributed by atoms with Crippen LogP contribution in [0.2, 0.25) is 0 Å². The lowest BCUT2D eigenvalue weighted by molar-refractivity contribution is -0.146. The van der Waals surface area contributed by atoms with Crippen molar-refractivity contribution in [3.63, 3.8) is 0 Å². The topological polar surface area (TPSA) is 72.9 Å². The van der Waals surface area contributed by atoms with Gasteiger partial charge in [-0.3, -0.25) is 4.79 Å². The molecule has 1 aromatic heterocycles. The van der Waals surface area contributed by atoms with Crippen molar-refractivity contribution in [3.05, 3.63) is 35.5 Å². The maximum Gasteiger partial charge on any atom is 0.253 e. The number of halogens is 2. The number of nitrogens with zero attached hydrogens (tertiary/aromatic N) is 2. The Hall–Kier alpha value is -2.36. The summed E-state index contributed by atoms with van der Waals surface area (Å²) in [4.78, 5) is 19.2. The molecule has 2 heterocycles. The number of aromatic nitrogens is 1. The smallest absolute Gasteiger partial charge is 0.253 e. The van der Waals surface area contributed by atoms with Gasteiger partial charge in [0, 0.05) is 56.8 Å². The minimum absolute atomic E-state index is 0.0272. The van der Waals surface area contributed by atoms with Crippen molar-refractivity contribution in [3.8, 4) is 5.75 Å². The Labute approximate surface area is 179 Å². The van der Waals surface area contributed by atoms with Gasteiger partial charge in [-0.15, -0.1) is 0 Å². The quantitative estimate of drug-likeness (QED) is 0.610. The Morgan fingerprint density at radius 3 is 2.84 bits per heavy atom. The van der Waals surface area contributed by atoms with Gasteiger partial charge in [-0.05, 0) is 18.9 Å². The third-order valence-corrected chi connectivity index (χ3v) is 5.40. The molecule has 0 unspecified atom stereocenters. The zero-order valence-corrected chi connectivity index (χ0v) is 17.5. The van der Waals surface area contributed by atoms with Crippen LogP contribution in [-0.2, 0) is 20.8 Å². The number of hydrogen-bond donors (Lipinski definition) is 1. The summed E-state index contributed by atoms with van der Waals surface area (Å²) in [5.74, 6) is -1.22. The van der Waals surface area contributed by atoms with Gasteiger partial charge in [-0.25, -0.2) is 13.8 Å². The summed E-state index contributed by atoms with van der Waals surface area (Å²) in [6.45, 7) is 2.73. The minimum Gasteiger partial charge on any atom is -0.493 e. The molecule has 9 heteroatoms. The van der Waals surface area contributed by atoms with Crippen LogP contribution in [-0.4, -0.2) is 68.0 Å². The van der Waals surface area contributed by atoms with Crippen molar-refractivity contribution in [1.82, 2.24) is 15.2 Å². The Balaban J connectivity index is 1.61. The third-order valence-electron chi connectivity index (χ3n) is 5.40. The van der Waals surface area contributed by atoms with E-state index in [0.29, 0.717) is 44.2 Å². The molecule has 1 amide bonds. The average molecular weight is 435 g/mol. The van der Waals surface area contributed by atoms with Gasteiger partial charge in [0.2, 0.25) is 0 Å². The maximum absolute atomic E-state index is 14.5. The number of nitrogens with one attached hydrogen (secondary N) is 1. The highest BCUT2D eigenvalue weighted by Gasteiger charge is 2.37. The van der Waals surface area contributed by atoms with Gasteiger partial charge in [0.1, 0.15) is 23.2 Å². The largest absolute Gasteiger partial charge is 0.493 e. The molecule has 1 aliphatic heterocycles. The molecule has 2 fully saturated rings. The van der Waals surface area contributed by atoms with Crippen LogP contribution >= 0.6 is 0 Å². The highest BCUT2D eigenvalue weighted by atomic mass is 19.1. The van der Waals surface area contributed by atoms with Gasteiger partial charge in [0.15, 0.2) is 5.82 Å². The number of hydrogen-bond acceptors (Lipinski definition) is 6. The fourth-order valence-electron chi connectivity index (χ4n) is 3.71. The highest BCUT2D eigenvalue weighted by Crippen LogP contribution is 2.32. The summed E-state index contributed by atoms with van der Waals surface area (Å²) in [7, 11) is 1.60. The molecule has 2 aliphatic rings. The normalized spacial score (nSPS) is 18.9.